The first kappa shape index (κ1) is 104. The molecule has 1 saturated carbocycles. The molecule has 49 heteroatoms. The van der Waals surface area contributed by atoms with Crippen LogP contribution < -0.4 is 80.5 Å². The molecule has 6 aliphatic rings. The zero-order valence-corrected chi connectivity index (χ0v) is 77.8. The molecule has 6 aromatic rings. The molecule has 1 unspecified atom stereocenters. The van der Waals surface area contributed by atoms with Crippen LogP contribution in [0.3, 0.4) is 0 Å². The Morgan fingerprint density at radius 3 is 2.04 bits per heavy atom. The summed E-state index contributed by atoms with van der Waals surface area (Å²) in [5.74, 6) is -15.6. The third kappa shape index (κ3) is 22.9. The number of carboxylic acids is 5. The number of H-pyrrole nitrogens is 2. The Labute approximate surface area is 791 Å². The van der Waals surface area contributed by atoms with Gasteiger partial charge in [0.15, 0.2) is 22.7 Å². The normalized spacial score (nSPS) is 23.4. The highest BCUT2D eigenvalue weighted by Crippen LogP contribution is 2.68. The van der Waals surface area contributed by atoms with Crippen molar-refractivity contribution in [3.8, 4) is 5.75 Å². The van der Waals surface area contributed by atoms with Crippen LogP contribution in [0, 0.1) is 17.3 Å². The maximum absolute atomic E-state index is 15.6. The minimum atomic E-state index is -2.68. The van der Waals surface area contributed by atoms with Gasteiger partial charge < -0.3 is 119 Å². The summed E-state index contributed by atoms with van der Waals surface area (Å²) in [5.41, 5.74) is 18.0. The molecule has 8 amide bonds. The van der Waals surface area contributed by atoms with Crippen LogP contribution in [0.2, 0.25) is 0 Å². The van der Waals surface area contributed by atoms with Crippen molar-refractivity contribution in [1.29, 1.82) is 0 Å². The predicted octanol–water partition coefficient (Wildman–Crippen LogP) is -0.860. The van der Waals surface area contributed by atoms with Crippen LogP contribution >= 0.6 is 21.6 Å². The SMILES string of the molecule is CC[C@]1(O)C[C@H]2CN(CCc3c([nH]c4ccccc34)[C@@](C(=O)OC)(c3cc4c(cc3OC)N(C)[C@H]3[C@@](O)(C(=O)NNC(=O)OCCSSC[C@H](NC(=O)[C@H](CC(=O)O)NC(=O)[C@H](CC(=O)O)NC(=O)[C@@H](C)CCCN=C(N)N)C(=O)O)[C@H](O)[C@]5(CC)C=CCN6CC[C@]43[C@@H]65)C2)C1.CNC(=O)[C@H](CC(=O)O)NC(=O)CC[C@H](NC(=O)c1ccc(NCc2cnc3nc(N)[nH]c(=O)c3n2)cc1)C(=O)O. The number of hydrogen-bond acceptors (Lipinski definition) is 32. The van der Waals surface area contributed by atoms with Crippen LogP contribution in [-0.2, 0) is 90.8 Å². The molecule has 137 heavy (non-hydrogen) atoms. The first-order valence-corrected chi connectivity index (χ1v) is 46.7. The Morgan fingerprint density at radius 2 is 1.41 bits per heavy atom. The number of nitrogens with zero attached hydrogens (tertiary/aromatic N) is 7. The van der Waals surface area contributed by atoms with Crippen molar-refractivity contribution in [2.45, 2.75) is 181 Å². The van der Waals surface area contributed by atoms with Gasteiger partial charge in [-0.05, 0) is 118 Å². The van der Waals surface area contributed by atoms with Crippen LogP contribution in [0.5, 0.6) is 5.75 Å². The maximum Gasteiger partial charge on any atom is 0.426 e. The van der Waals surface area contributed by atoms with Gasteiger partial charge in [-0.25, -0.2) is 29.8 Å². The summed E-state index contributed by atoms with van der Waals surface area (Å²) in [5, 5.41) is 104. The molecule has 12 rings (SSSR count). The van der Waals surface area contributed by atoms with Gasteiger partial charge in [-0.2, -0.15) is 4.98 Å². The minimum Gasteiger partial charge on any atom is -0.496 e. The summed E-state index contributed by atoms with van der Waals surface area (Å²) in [6.07, 6.45) is 1.87. The summed E-state index contributed by atoms with van der Waals surface area (Å²) in [4.78, 5) is 219. The number of fused-ring (bicyclic) bond motifs is 7. The monoisotopic (exact) mass is 1950 g/mol. The number of rotatable bonds is 40. The van der Waals surface area contributed by atoms with E-state index in [1.165, 1.54) is 46.5 Å². The molecule has 0 radical (unpaired) electrons. The number of hydrazine groups is 1. The first-order valence-electron chi connectivity index (χ1n) is 44.2. The Bertz CT molecular complexity index is 5710. The number of anilines is 3. The summed E-state index contributed by atoms with van der Waals surface area (Å²) in [6.45, 7) is 8.14. The number of nitrogen functional groups attached to an aromatic ring is 1. The van der Waals surface area contributed by atoms with Gasteiger partial charge in [0, 0.05) is 133 Å². The van der Waals surface area contributed by atoms with Gasteiger partial charge in [-0.3, -0.25) is 82.7 Å². The van der Waals surface area contributed by atoms with E-state index >= 15 is 9.59 Å². The van der Waals surface area contributed by atoms with E-state index in [2.05, 4.69) is 87.8 Å². The number of ether oxygens (including phenoxy) is 3. The fraction of sp³-hybridized carbons (Fsp3) is 0.511. The molecule has 47 nitrogen and oxygen atoms in total. The number of aromatic nitrogens is 5. The Morgan fingerprint density at radius 1 is 0.745 bits per heavy atom. The van der Waals surface area contributed by atoms with Crippen LogP contribution in [0.4, 0.5) is 22.1 Å². The third-order valence-corrected chi connectivity index (χ3v) is 28.4. The molecule has 740 valence electrons. The maximum atomic E-state index is 15.6. The molecule has 8 heterocycles. The van der Waals surface area contributed by atoms with Gasteiger partial charge in [0.1, 0.15) is 54.1 Å². The second kappa shape index (κ2) is 44.5. The van der Waals surface area contributed by atoms with Crippen molar-refractivity contribution < 1.29 is 122 Å². The molecule has 25 N–H and O–H groups in total. The number of hydrogen-bond donors (Lipinski definition) is 22. The molecule has 16 atom stereocenters. The van der Waals surface area contributed by atoms with Crippen molar-refractivity contribution >= 4 is 150 Å². The molecule has 3 fully saturated rings. The van der Waals surface area contributed by atoms with E-state index in [-0.39, 0.29) is 97.9 Å². The Balaban J connectivity index is 0.000000366. The molecule has 2 saturated heterocycles. The number of guanidine groups is 1. The number of aliphatic hydroxyl groups is 3. The van der Waals surface area contributed by atoms with E-state index in [1.807, 2.05) is 62.4 Å². The second-order valence-corrected chi connectivity index (χ2v) is 37.3. The van der Waals surface area contributed by atoms with Gasteiger partial charge >= 0.3 is 41.9 Å². The highest BCUT2D eigenvalue weighted by molar-refractivity contribution is 8.76. The van der Waals surface area contributed by atoms with Crippen molar-refractivity contribution in [2.24, 2.45) is 33.7 Å². The number of benzene rings is 3. The van der Waals surface area contributed by atoms with E-state index in [4.69, 9.17) is 36.5 Å². The summed E-state index contributed by atoms with van der Waals surface area (Å²) >= 11 is 0. The first-order chi connectivity index (χ1) is 65.0. The predicted molar refractivity (Wildman–Crippen MR) is 496 cm³/mol. The molecular formula is C88H115N21O26S2. The largest absolute Gasteiger partial charge is 0.496 e. The number of nitrogens with one attached hydrogen (secondary N) is 11. The number of amides is 8. The summed E-state index contributed by atoms with van der Waals surface area (Å²) < 4.78 is 17.7. The number of piperidine rings is 1. The second-order valence-electron chi connectivity index (χ2n) is 34.7. The van der Waals surface area contributed by atoms with Crippen LogP contribution in [0.25, 0.3) is 22.1 Å². The van der Waals surface area contributed by atoms with E-state index in [0.29, 0.717) is 104 Å². The number of likely N-dealkylation sites (N-methyl/N-ethyl adjacent to an activating group) is 2. The van der Waals surface area contributed by atoms with Gasteiger partial charge in [0.05, 0.1) is 63.6 Å². The lowest BCUT2D eigenvalue weighted by atomic mass is 9.47. The number of carboxylic acid groups (broad SMARTS) is 5. The van der Waals surface area contributed by atoms with Crippen LogP contribution in [-0.4, -0.2) is 310 Å². The lowest BCUT2D eigenvalue weighted by Gasteiger charge is -2.63. The molecule has 1 aliphatic carbocycles. The fourth-order valence-corrected chi connectivity index (χ4v) is 21.7. The molecule has 3 aromatic carbocycles. The number of para-hydroxylation sites is 1. The molecule has 2 bridgehead atoms. The van der Waals surface area contributed by atoms with E-state index in [1.54, 1.807) is 24.1 Å². The molecule has 5 aliphatic heterocycles. The van der Waals surface area contributed by atoms with Gasteiger partial charge in [0.25, 0.3) is 17.4 Å². The standard InChI is InChI=1S/C64H88N12O18S2.C24H27N9O8/c1-7-60(90)29-35-30-63(57(88)93-6,48-37(16-21-75(31-35)33-60)36-14-9-10-15-40(36)68-48)39-25-38-44(28-45(39)92-5)74(4)54-62(38)18-22-76-20-12-17-61(8-2,53(62)76)55(86)64(54,91)56(87)72-73-59(89)94-23-24-95-96-32-43(52(84)85)71-51(83)42(27-47(79)80)70-50(82)41(26-46(77)78)69-49(81)34(3)13-11-19-67-58(65)66;1-26-21(38)15(8-17(35)36)30-16(34)7-6-14(23(40)41)31-20(37)11-2-4-12(5-3-11)27-9-13-10-28-19-18(29-13)22(39)33-24(25)32-19/h9-10,12,14-15,17,25,28,34-35,41-43,53-55,68,86,90-91H,7-8,11,13,16,18-24,26-27,29-33H2,1-6H3,(H,69,81)(H,70,82)(H,71,83)(H,72,87)(H,73,89)(H,77,78)(H,79,80)(H,84,85)(H4,65,66,67);2-5,10,14-15,27H,6-9H2,1H3,(H,26,38)(H,30,34)(H,31,37)(H,35,36)(H,40,41)(H3,25,28,32,33,39)/t34-,35+,41-,42-,43-,53-,54+,55+,60-,61+,62+,63-,64-;14-,15-/m00/s1. The average molecular weight is 1950 g/mol. The van der Waals surface area contributed by atoms with Gasteiger partial charge in [-0.1, -0.05) is 72.7 Å². The quantitative estimate of drug-likeness (QED) is 0.00423. The van der Waals surface area contributed by atoms with Crippen LogP contribution in [0.1, 0.15) is 136 Å². The van der Waals surface area contributed by atoms with Crippen molar-refractivity contribution in [3.63, 3.8) is 0 Å². The molecule has 3 aromatic heterocycles. The van der Waals surface area contributed by atoms with Crippen molar-refractivity contribution in [2.75, 3.05) is 102 Å². The number of carbonyl (C=O) groups excluding carboxylic acids is 9. The molecular weight excluding hydrogens is 1830 g/mol. The van der Waals surface area contributed by atoms with Crippen LogP contribution in [0.15, 0.2) is 88.8 Å². The Hall–Kier alpha value is -13.5. The smallest absolute Gasteiger partial charge is 0.426 e. The minimum absolute atomic E-state index is 0.0134. The fourth-order valence-electron chi connectivity index (χ4n) is 19.7. The van der Waals surface area contributed by atoms with E-state index in [9.17, 15) is 98.1 Å². The highest BCUT2D eigenvalue weighted by Gasteiger charge is 2.79. The van der Waals surface area contributed by atoms with E-state index < -0.39 is 190 Å². The highest BCUT2D eigenvalue weighted by atomic mass is 33.1. The third-order valence-electron chi connectivity index (χ3n) is 26.0. The number of carbonyl (C=O) groups is 14. The number of aliphatic imine (C=N–C) groups is 1. The Kier molecular flexibility index (Phi) is 33.8. The zero-order chi connectivity index (χ0) is 99.9. The lowest BCUT2D eigenvalue weighted by Crippen LogP contribution is -2.82. The number of esters is 1. The number of nitrogens with two attached hydrogens (primary N) is 3. The summed E-state index contributed by atoms with van der Waals surface area (Å²) in [6, 6.07) is 7.93. The summed E-state index contributed by atoms with van der Waals surface area (Å²) in [7, 11) is 7.81. The topological polar surface area (TPSA) is 724 Å². The number of aliphatic carboxylic acids is 5. The van der Waals surface area contributed by atoms with Crippen molar-refractivity contribution in [1.82, 2.24) is 77.5 Å². The number of aromatic amines is 2. The van der Waals surface area contributed by atoms with Gasteiger partial charge in [0.2, 0.25) is 35.5 Å². The van der Waals surface area contributed by atoms with Crippen molar-refractivity contribution in [3.05, 3.63) is 123 Å². The average Bonchev–Trinajstić information content (AvgIpc) is 1.48. The van der Waals surface area contributed by atoms with E-state index in [0.717, 1.165) is 38.1 Å². The lowest BCUT2D eigenvalue weighted by molar-refractivity contribution is -0.204. The number of methoxy groups -OCH3 is 2. The number of aliphatic hydroxyl groups excluding tert-OH is 1. The van der Waals surface area contributed by atoms with Gasteiger partial charge in [-0.15, -0.1) is 0 Å². The molecule has 1 spiro atoms. The zero-order valence-electron chi connectivity index (χ0n) is 76.1.